The Balaban J connectivity index is 2.88. The van der Waals surface area contributed by atoms with Gasteiger partial charge in [0.15, 0.2) is 11.5 Å². The molecule has 0 fully saturated rings. The zero-order valence-corrected chi connectivity index (χ0v) is 8.51. The minimum absolute atomic E-state index is 0.0326. The van der Waals surface area contributed by atoms with Gasteiger partial charge in [-0.05, 0) is 23.8 Å². The lowest BCUT2D eigenvalue weighted by Crippen LogP contribution is -2.03. The van der Waals surface area contributed by atoms with Gasteiger partial charge in [-0.2, -0.15) is 5.10 Å². The van der Waals surface area contributed by atoms with Crippen LogP contribution in [0.3, 0.4) is 0 Å². The Labute approximate surface area is 88.1 Å². The van der Waals surface area contributed by atoms with E-state index in [2.05, 4.69) is 5.10 Å². The molecule has 1 aromatic carbocycles. The number of aliphatic hydroxyl groups is 1. The number of nitrogens with zero attached hydrogens (tertiary/aromatic N) is 1. The molecule has 1 rings (SSSR count). The highest BCUT2D eigenvalue weighted by atomic mass is 16.5. The molecular formula is C10H14N2O3. The number of hydrogen-bond donors (Lipinski definition) is 2. The molecule has 0 amide bonds. The van der Waals surface area contributed by atoms with Crippen LogP contribution >= 0.6 is 0 Å². The van der Waals surface area contributed by atoms with Crippen LogP contribution in [0.25, 0.3) is 0 Å². The van der Waals surface area contributed by atoms with E-state index in [-0.39, 0.29) is 13.2 Å². The first-order chi connectivity index (χ1) is 7.31. The number of benzene rings is 1. The summed E-state index contributed by atoms with van der Waals surface area (Å²) in [5.41, 5.74) is 0.825. The summed E-state index contributed by atoms with van der Waals surface area (Å²) in [4.78, 5) is 0. The number of ether oxygens (including phenoxy) is 2. The molecule has 0 saturated carbocycles. The van der Waals surface area contributed by atoms with E-state index in [1.54, 1.807) is 25.3 Å². The SMILES string of the molecule is COc1cc(C=NN)ccc1OCCO. The normalized spacial score (nSPS) is 10.5. The van der Waals surface area contributed by atoms with E-state index in [9.17, 15) is 0 Å². The second-order valence-electron chi connectivity index (χ2n) is 2.76. The summed E-state index contributed by atoms with van der Waals surface area (Å²) in [5.74, 6) is 6.20. The van der Waals surface area contributed by atoms with Gasteiger partial charge in [0.05, 0.1) is 19.9 Å². The predicted molar refractivity (Wildman–Crippen MR) is 57.4 cm³/mol. The van der Waals surface area contributed by atoms with E-state index in [1.165, 1.54) is 6.21 Å². The van der Waals surface area contributed by atoms with Gasteiger partial charge in [-0.3, -0.25) is 0 Å². The van der Waals surface area contributed by atoms with Crippen molar-refractivity contribution in [3.63, 3.8) is 0 Å². The van der Waals surface area contributed by atoms with E-state index in [4.69, 9.17) is 20.4 Å². The van der Waals surface area contributed by atoms with E-state index in [0.29, 0.717) is 11.5 Å². The first kappa shape index (κ1) is 11.3. The Bertz CT molecular complexity index is 339. The third-order valence-electron chi connectivity index (χ3n) is 1.76. The van der Waals surface area contributed by atoms with Crippen LogP contribution in [0.15, 0.2) is 23.3 Å². The number of nitrogens with two attached hydrogens (primary N) is 1. The second kappa shape index (κ2) is 5.87. The Morgan fingerprint density at radius 3 is 2.87 bits per heavy atom. The van der Waals surface area contributed by atoms with Gasteiger partial charge in [0.2, 0.25) is 0 Å². The first-order valence-corrected chi connectivity index (χ1v) is 4.46. The molecule has 15 heavy (non-hydrogen) atoms. The lowest BCUT2D eigenvalue weighted by atomic mass is 10.2. The molecule has 0 aliphatic rings. The van der Waals surface area contributed by atoms with Crippen molar-refractivity contribution in [1.82, 2.24) is 0 Å². The Hall–Kier alpha value is -1.75. The molecule has 0 spiro atoms. The Morgan fingerprint density at radius 2 is 2.27 bits per heavy atom. The van der Waals surface area contributed by atoms with Crippen molar-refractivity contribution in [2.24, 2.45) is 10.9 Å². The lowest BCUT2D eigenvalue weighted by Gasteiger charge is -2.09. The quantitative estimate of drug-likeness (QED) is 0.418. The molecule has 0 aliphatic heterocycles. The average Bonchev–Trinajstić information content (AvgIpc) is 2.27. The van der Waals surface area contributed by atoms with Crippen LogP contribution in [0.2, 0.25) is 0 Å². The van der Waals surface area contributed by atoms with Gasteiger partial charge < -0.3 is 20.4 Å². The lowest BCUT2D eigenvalue weighted by molar-refractivity contribution is 0.196. The largest absolute Gasteiger partial charge is 0.493 e. The topological polar surface area (TPSA) is 77.1 Å². The van der Waals surface area contributed by atoms with Crippen LogP contribution in [0.5, 0.6) is 11.5 Å². The van der Waals surface area contributed by atoms with Crippen LogP contribution in [-0.4, -0.2) is 31.6 Å². The first-order valence-electron chi connectivity index (χ1n) is 4.46. The highest BCUT2D eigenvalue weighted by Gasteiger charge is 2.04. The molecule has 0 bridgehead atoms. The molecule has 0 aromatic heterocycles. The Kier molecular flexibility index (Phi) is 4.43. The van der Waals surface area contributed by atoms with Gasteiger partial charge in [-0.25, -0.2) is 0 Å². The molecular weight excluding hydrogens is 196 g/mol. The highest BCUT2D eigenvalue weighted by Crippen LogP contribution is 2.27. The number of rotatable bonds is 5. The Morgan fingerprint density at radius 1 is 1.47 bits per heavy atom. The molecule has 5 heteroatoms. The summed E-state index contributed by atoms with van der Waals surface area (Å²) in [7, 11) is 1.55. The van der Waals surface area contributed by atoms with Crippen molar-refractivity contribution < 1.29 is 14.6 Å². The number of hydrazone groups is 1. The maximum Gasteiger partial charge on any atom is 0.161 e. The van der Waals surface area contributed by atoms with E-state index in [1.807, 2.05) is 0 Å². The highest BCUT2D eigenvalue weighted by molar-refractivity contribution is 5.80. The smallest absolute Gasteiger partial charge is 0.161 e. The van der Waals surface area contributed by atoms with Crippen molar-refractivity contribution in [2.75, 3.05) is 20.3 Å². The minimum atomic E-state index is -0.0326. The fourth-order valence-electron chi connectivity index (χ4n) is 1.13. The van der Waals surface area contributed by atoms with Crippen LogP contribution in [-0.2, 0) is 0 Å². The molecule has 0 unspecified atom stereocenters. The van der Waals surface area contributed by atoms with Gasteiger partial charge in [-0.1, -0.05) is 0 Å². The summed E-state index contributed by atoms with van der Waals surface area (Å²) in [6.45, 7) is 0.204. The summed E-state index contributed by atoms with van der Waals surface area (Å²) in [6.07, 6.45) is 1.51. The molecule has 82 valence electrons. The number of methoxy groups -OCH3 is 1. The fourth-order valence-corrected chi connectivity index (χ4v) is 1.13. The van der Waals surface area contributed by atoms with Crippen LogP contribution in [0, 0.1) is 0 Å². The predicted octanol–water partition coefficient (Wildman–Crippen LogP) is 0.359. The molecule has 3 N–H and O–H groups in total. The summed E-state index contributed by atoms with van der Waals surface area (Å²) < 4.78 is 10.4. The van der Waals surface area contributed by atoms with E-state index in [0.717, 1.165) is 5.56 Å². The van der Waals surface area contributed by atoms with Crippen molar-refractivity contribution in [2.45, 2.75) is 0 Å². The van der Waals surface area contributed by atoms with Crippen molar-refractivity contribution in [3.05, 3.63) is 23.8 Å². The maximum atomic E-state index is 8.63. The molecule has 1 aromatic rings. The van der Waals surface area contributed by atoms with Crippen molar-refractivity contribution in [3.8, 4) is 11.5 Å². The zero-order valence-electron chi connectivity index (χ0n) is 8.51. The standard InChI is InChI=1S/C10H14N2O3/c1-14-10-6-8(7-12-11)2-3-9(10)15-5-4-13/h2-3,6-7,13H,4-5,11H2,1H3. The summed E-state index contributed by atoms with van der Waals surface area (Å²) in [5, 5.41) is 12.0. The zero-order chi connectivity index (χ0) is 11.1. The van der Waals surface area contributed by atoms with Gasteiger partial charge in [-0.15, -0.1) is 0 Å². The van der Waals surface area contributed by atoms with Crippen molar-refractivity contribution in [1.29, 1.82) is 0 Å². The third-order valence-corrected chi connectivity index (χ3v) is 1.76. The van der Waals surface area contributed by atoms with Crippen molar-refractivity contribution >= 4 is 6.21 Å². The van der Waals surface area contributed by atoms with E-state index < -0.39 is 0 Å². The molecule has 5 nitrogen and oxygen atoms in total. The summed E-state index contributed by atoms with van der Waals surface area (Å²) >= 11 is 0. The molecule has 0 radical (unpaired) electrons. The molecule has 0 aliphatic carbocycles. The third kappa shape index (κ3) is 3.14. The molecule has 0 saturated heterocycles. The van der Waals surface area contributed by atoms with Gasteiger partial charge >= 0.3 is 0 Å². The average molecular weight is 210 g/mol. The minimum Gasteiger partial charge on any atom is -0.493 e. The monoisotopic (exact) mass is 210 g/mol. The fraction of sp³-hybridized carbons (Fsp3) is 0.300. The number of aliphatic hydroxyl groups excluding tert-OH is 1. The van der Waals surface area contributed by atoms with Crippen LogP contribution in [0.4, 0.5) is 0 Å². The summed E-state index contributed by atoms with van der Waals surface area (Å²) in [6, 6.07) is 5.29. The van der Waals surface area contributed by atoms with Gasteiger partial charge in [0.1, 0.15) is 6.61 Å². The van der Waals surface area contributed by atoms with Crippen LogP contribution in [0.1, 0.15) is 5.56 Å². The van der Waals surface area contributed by atoms with E-state index >= 15 is 0 Å². The number of hydrogen-bond acceptors (Lipinski definition) is 5. The van der Waals surface area contributed by atoms with Gasteiger partial charge in [0, 0.05) is 0 Å². The van der Waals surface area contributed by atoms with Crippen LogP contribution < -0.4 is 15.3 Å². The molecule has 0 heterocycles. The molecule has 0 atom stereocenters. The van der Waals surface area contributed by atoms with Gasteiger partial charge in [0.25, 0.3) is 0 Å². The second-order valence-corrected chi connectivity index (χ2v) is 2.76. The maximum absolute atomic E-state index is 8.63.